The van der Waals surface area contributed by atoms with Gasteiger partial charge < -0.3 is 15.0 Å². The maximum Gasteiger partial charge on any atom is 0.254 e. The minimum Gasteiger partial charge on any atom is -0.439 e. The van der Waals surface area contributed by atoms with Crippen LogP contribution in [0.2, 0.25) is 0 Å². The summed E-state index contributed by atoms with van der Waals surface area (Å²) in [6, 6.07) is 17.7. The summed E-state index contributed by atoms with van der Waals surface area (Å²) in [6.07, 6.45) is 4.14. The van der Waals surface area contributed by atoms with Gasteiger partial charge in [0.15, 0.2) is 0 Å². The predicted octanol–water partition coefficient (Wildman–Crippen LogP) is 3.16. The van der Waals surface area contributed by atoms with Crippen molar-refractivity contribution in [2.75, 3.05) is 11.9 Å². The molecule has 4 aromatic rings. The molecule has 3 heterocycles. The molecule has 1 amide bonds. The molecule has 0 saturated heterocycles. The van der Waals surface area contributed by atoms with E-state index in [-0.39, 0.29) is 5.91 Å². The van der Waals surface area contributed by atoms with Gasteiger partial charge in [0.2, 0.25) is 5.88 Å². The van der Waals surface area contributed by atoms with E-state index in [0.717, 1.165) is 30.0 Å². The molecule has 2 aliphatic rings. The number of aromatic nitrogens is 5. The number of carbonyl (C=O) groups is 1. The Morgan fingerprint density at radius 1 is 1.00 bits per heavy atom. The van der Waals surface area contributed by atoms with Crippen LogP contribution in [0.4, 0.5) is 5.82 Å². The molecular formula is C25H23N7O2. The Labute approximate surface area is 196 Å². The SMILES string of the molecule is O=C(c1ccc(Oc2cc(NC3Cc4ccccc4C3)ncn2)cc1)N1CCc2n[nH]nc2C1. The van der Waals surface area contributed by atoms with Crippen LogP contribution in [0.5, 0.6) is 11.6 Å². The lowest BCUT2D eigenvalue weighted by atomic mass is 10.1. The molecule has 0 spiro atoms. The number of amides is 1. The van der Waals surface area contributed by atoms with Crippen LogP contribution in [-0.4, -0.2) is 48.8 Å². The molecule has 0 unspecified atom stereocenters. The summed E-state index contributed by atoms with van der Waals surface area (Å²) in [4.78, 5) is 23.2. The Morgan fingerprint density at radius 2 is 1.76 bits per heavy atom. The van der Waals surface area contributed by atoms with Gasteiger partial charge in [-0.05, 0) is 48.2 Å². The lowest BCUT2D eigenvalue weighted by molar-refractivity contribution is 0.0732. The Morgan fingerprint density at radius 3 is 2.56 bits per heavy atom. The second kappa shape index (κ2) is 8.58. The largest absolute Gasteiger partial charge is 0.439 e. The summed E-state index contributed by atoms with van der Waals surface area (Å²) in [6.45, 7) is 1.09. The molecule has 0 atom stereocenters. The highest BCUT2D eigenvalue weighted by atomic mass is 16.5. The molecule has 0 saturated carbocycles. The molecule has 9 heteroatoms. The molecule has 2 aromatic carbocycles. The molecule has 0 radical (unpaired) electrons. The van der Waals surface area contributed by atoms with Gasteiger partial charge >= 0.3 is 0 Å². The van der Waals surface area contributed by atoms with E-state index < -0.39 is 0 Å². The van der Waals surface area contributed by atoms with Crippen LogP contribution in [0.3, 0.4) is 0 Å². The number of ether oxygens (including phenoxy) is 1. The van der Waals surface area contributed by atoms with E-state index in [4.69, 9.17) is 4.74 Å². The quantitative estimate of drug-likeness (QED) is 0.478. The molecule has 1 aliphatic carbocycles. The fourth-order valence-corrected chi connectivity index (χ4v) is 4.59. The first-order valence-electron chi connectivity index (χ1n) is 11.3. The van der Waals surface area contributed by atoms with E-state index in [9.17, 15) is 4.79 Å². The average molecular weight is 454 g/mol. The summed E-state index contributed by atoms with van der Waals surface area (Å²) >= 11 is 0. The van der Waals surface area contributed by atoms with Crippen molar-refractivity contribution in [3.8, 4) is 11.6 Å². The number of rotatable bonds is 5. The fourth-order valence-electron chi connectivity index (χ4n) is 4.59. The molecule has 1 aliphatic heterocycles. The van der Waals surface area contributed by atoms with Crippen molar-refractivity contribution in [3.63, 3.8) is 0 Å². The number of H-pyrrole nitrogens is 1. The molecular weight excluding hydrogens is 430 g/mol. The molecule has 6 rings (SSSR count). The third-order valence-corrected chi connectivity index (χ3v) is 6.32. The second-order valence-electron chi connectivity index (χ2n) is 8.58. The van der Waals surface area contributed by atoms with Gasteiger partial charge in [0.25, 0.3) is 5.91 Å². The highest BCUT2D eigenvalue weighted by molar-refractivity contribution is 5.94. The van der Waals surface area contributed by atoms with Crippen molar-refractivity contribution in [2.45, 2.75) is 31.8 Å². The van der Waals surface area contributed by atoms with E-state index in [0.29, 0.717) is 42.7 Å². The maximum absolute atomic E-state index is 12.9. The molecule has 9 nitrogen and oxygen atoms in total. The van der Waals surface area contributed by atoms with Gasteiger partial charge in [-0.25, -0.2) is 9.97 Å². The van der Waals surface area contributed by atoms with Crippen molar-refractivity contribution in [2.24, 2.45) is 0 Å². The van der Waals surface area contributed by atoms with Gasteiger partial charge in [-0.2, -0.15) is 15.4 Å². The maximum atomic E-state index is 12.9. The molecule has 170 valence electrons. The Hall–Kier alpha value is -4.27. The van der Waals surface area contributed by atoms with E-state index in [1.54, 1.807) is 35.2 Å². The van der Waals surface area contributed by atoms with Crippen LogP contribution in [0.1, 0.15) is 32.9 Å². The third kappa shape index (κ3) is 4.07. The van der Waals surface area contributed by atoms with Crippen LogP contribution < -0.4 is 10.1 Å². The number of hydrogen-bond donors (Lipinski definition) is 2. The van der Waals surface area contributed by atoms with Crippen LogP contribution in [0, 0.1) is 0 Å². The number of nitrogens with one attached hydrogen (secondary N) is 2. The minimum atomic E-state index is -0.0358. The number of fused-ring (bicyclic) bond motifs is 2. The number of aromatic amines is 1. The lowest BCUT2D eigenvalue weighted by Gasteiger charge is -2.25. The van der Waals surface area contributed by atoms with E-state index in [1.807, 2.05) is 0 Å². The first-order valence-corrected chi connectivity index (χ1v) is 11.3. The molecule has 34 heavy (non-hydrogen) atoms. The average Bonchev–Trinajstić information content (AvgIpc) is 3.50. The van der Waals surface area contributed by atoms with Crippen LogP contribution in [-0.2, 0) is 25.8 Å². The van der Waals surface area contributed by atoms with Crippen molar-refractivity contribution >= 4 is 11.7 Å². The summed E-state index contributed by atoms with van der Waals surface area (Å²) < 4.78 is 5.92. The van der Waals surface area contributed by atoms with Crippen molar-refractivity contribution in [1.82, 2.24) is 30.3 Å². The first kappa shape index (κ1) is 20.3. The normalized spacial score (nSPS) is 15.0. The van der Waals surface area contributed by atoms with Gasteiger partial charge in [0.1, 0.15) is 23.6 Å². The summed E-state index contributed by atoms with van der Waals surface area (Å²) in [7, 11) is 0. The van der Waals surface area contributed by atoms with Gasteiger partial charge in [0, 0.05) is 30.6 Å². The smallest absolute Gasteiger partial charge is 0.254 e. The van der Waals surface area contributed by atoms with E-state index in [2.05, 4.69) is 55.0 Å². The monoisotopic (exact) mass is 453 g/mol. The van der Waals surface area contributed by atoms with Crippen LogP contribution >= 0.6 is 0 Å². The molecule has 0 fully saturated rings. The van der Waals surface area contributed by atoms with Crippen LogP contribution in [0.25, 0.3) is 0 Å². The van der Waals surface area contributed by atoms with Gasteiger partial charge in [-0.15, -0.1) is 0 Å². The van der Waals surface area contributed by atoms with E-state index in [1.165, 1.54) is 17.5 Å². The Bertz CT molecular complexity index is 1310. The number of benzene rings is 2. The molecule has 2 aromatic heterocycles. The highest BCUT2D eigenvalue weighted by Gasteiger charge is 2.24. The summed E-state index contributed by atoms with van der Waals surface area (Å²) in [5, 5.41) is 14.4. The van der Waals surface area contributed by atoms with Crippen molar-refractivity contribution in [1.29, 1.82) is 0 Å². The highest BCUT2D eigenvalue weighted by Crippen LogP contribution is 2.26. The Kier molecular flexibility index (Phi) is 5.14. The fraction of sp³-hybridized carbons (Fsp3) is 0.240. The van der Waals surface area contributed by atoms with Gasteiger partial charge in [-0.1, -0.05) is 24.3 Å². The number of hydrogen-bond acceptors (Lipinski definition) is 7. The van der Waals surface area contributed by atoms with Crippen molar-refractivity contribution in [3.05, 3.63) is 89.0 Å². The third-order valence-electron chi connectivity index (χ3n) is 6.32. The first-order chi connectivity index (χ1) is 16.7. The number of carbonyl (C=O) groups excluding carboxylic acids is 1. The zero-order valence-electron chi connectivity index (χ0n) is 18.4. The Balaban J connectivity index is 1.09. The zero-order valence-corrected chi connectivity index (χ0v) is 18.4. The summed E-state index contributed by atoms with van der Waals surface area (Å²) in [5.41, 5.74) is 5.13. The number of nitrogens with zero attached hydrogens (tertiary/aromatic N) is 5. The van der Waals surface area contributed by atoms with Gasteiger partial charge in [0.05, 0.1) is 12.2 Å². The van der Waals surface area contributed by atoms with Crippen molar-refractivity contribution < 1.29 is 9.53 Å². The molecule has 2 N–H and O–H groups in total. The van der Waals surface area contributed by atoms with E-state index >= 15 is 0 Å². The molecule has 0 bridgehead atoms. The lowest BCUT2D eigenvalue weighted by Crippen LogP contribution is -2.36. The van der Waals surface area contributed by atoms with Gasteiger partial charge in [-0.3, -0.25) is 4.79 Å². The zero-order chi connectivity index (χ0) is 22.9. The number of anilines is 1. The standard InChI is InChI=1S/C25H23N7O2/c33-25(32-10-9-21-22(14-32)30-31-29-21)16-5-7-20(8-6-16)34-24-13-23(26-15-27-24)28-19-11-17-3-1-2-4-18(17)12-19/h1-8,13,15,19H,9-12,14H2,(H,26,27,28)(H,29,30,31). The topological polar surface area (TPSA) is 109 Å². The summed E-state index contributed by atoms with van der Waals surface area (Å²) in [5.74, 6) is 1.74. The minimum absolute atomic E-state index is 0.0358. The predicted molar refractivity (Wildman–Crippen MR) is 125 cm³/mol. The second-order valence-corrected chi connectivity index (χ2v) is 8.58. The van der Waals surface area contributed by atoms with Crippen LogP contribution in [0.15, 0.2) is 60.9 Å².